The van der Waals surface area contributed by atoms with Crippen LogP contribution in [-0.2, 0) is 13.2 Å². The monoisotopic (exact) mass is 375 g/mol. The highest BCUT2D eigenvalue weighted by atomic mass is 32.2. The Hall–Kier alpha value is -2.47. The minimum Gasteiger partial charge on any atom is -0.355 e. The van der Waals surface area contributed by atoms with Crippen molar-refractivity contribution in [1.29, 1.82) is 0 Å². The van der Waals surface area contributed by atoms with Crippen LogP contribution in [0.2, 0.25) is 0 Å². The Morgan fingerprint density at radius 3 is 2.35 bits per heavy atom. The molecule has 1 heterocycles. The molecular weight excluding hydrogens is 359 g/mol. The van der Waals surface area contributed by atoms with Gasteiger partial charge in [0, 0.05) is 29.9 Å². The second-order valence-electron chi connectivity index (χ2n) is 6.02. The largest absolute Gasteiger partial charge is 0.416 e. The van der Waals surface area contributed by atoms with Crippen molar-refractivity contribution in [1.82, 2.24) is 4.57 Å². The second kappa shape index (κ2) is 7.03. The normalized spacial score (nSPS) is 11.6. The summed E-state index contributed by atoms with van der Waals surface area (Å²) in [4.78, 5) is 14.2. The van der Waals surface area contributed by atoms with Gasteiger partial charge in [0.1, 0.15) is 0 Å². The van der Waals surface area contributed by atoms with Gasteiger partial charge < -0.3 is 4.57 Å². The standard InChI is InChI=1S/C20H16F3NOS/c1-13-6-8-16(9-7-13)26-18-12-24(2)11-17(19(18)25)14-4-3-5-15(10-14)20(21,22)23/h3-12H,1-2H3. The fourth-order valence-electron chi connectivity index (χ4n) is 2.55. The third-order valence-electron chi connectivity index (χ3n) is 3.87. The minimum atomic E-state index is -4.45. The van der Waals surface area contributed by atoms with Gasteiger partial charge in [-0.2, -0.15) is 13.2 Å². The molecule has 3 rings (SSSR count). The van der Waals surface area contributed by atoms with Gasteiger partial charge in [0.25, 0.3) is 0 Å². The molecule has 0 spiro atoms. The zero-order valence-corrected chi connectivity index (χ0v) is 15.0. The first-order chi connectivity index (χ1) is 12.2. The van der Waals surface area contributed by atoms with E-state index in [1.165, 1.54) is 23.9 Å². The summed E-state index contributed by atoms with van der Waals surface area (Å²) >= 11 is 1.30. The molecule has 26 heavy (non-hydrogen) atoms. The number of hydrogen-bond donors (Lipinski definition) is 0. The van der Waals surface area contributed by atoms with Crippen LogP contribution in [-0.4, -0.2) is 4.57 Å². The number of aryl methyl sites for hydroxylation is 2. The van der Waals surface area contributed by atoms with Gasteiger partial charge in [-0.1, -0.05) is 41.6 Å². The predicted octanol–water partition coefficient (Wildman–Crippen LogP) is 5.53. The number of nitrogens with zero attached hydrogens (tertiary/aromatic N) is 1. The van der Waals surface area contributed by atoms with E-state index in [1.807, 2.05) is 31.2 Å². The zero-order chi connectivity index (χ0) is 18.9. The number of rotatable bonds is 3. The first-order valence-electron chi connectivity index (χ1n) is 7.86. The molecule has 0 amide bonds. The van der Waals surface area contributed by atoms with Crippen LogP contribution in [0.1, 0.15) is 11.1 Å². The molecule has 0 fully saturated rings. The van der Waals surface area contributed by atoms with E-state index < -0.39 is 11.7 Å². The molecule has 2 nitrogen and oxygen atoms in total. The summed E-state index contributed by atoms with van der Waals surface area (Å²) < 4.78 is 40.6. The molecule has 0 atom stereocenters. The van der Waals surface area contributed by atoms with E-state index in [4.69, 9.17) is 0 Å². The van der Waals surface area contributed by atoms with Gasteiger partial charge in [-0.15, -0.1) is 0 Å². The second-order valence-corrected chi connectivity index (χ2v) is 7.14. The van der Waals surface area contributed by atoms with Gasteiger partial charge >= 0.3 is 6.18 Å². The molecule has 0 radical (unpaired) electrons. The minimum absolute atomic E-state index is 0.246. The van der Waals surface area contributed by atoms with E-state index in [-0.39, 0.29) is 16.6 Å². The number of benzene rings is 2. The van der Waals surface area contributed by atoms with Crippen LogP contribution in [0, 0.1) is 6.92 Å². The van der Waals surface area contributed by atoms with Crippen molar-refractivity contribution in [2.24, 2.45) is 7.05 Å². The van der Waals surface area contributed by atoms with Crippen molar-refractivity contribution >= 4 is 11.8 Å². The number of halogens is 3. The highest BCUT2D eigenvalue weighted by Crippen LogP contribution is 2.32. The first-order valence-corrected chi connectivity index (χ1v) is 8.68. The lowest BCUT2D eigenvalue weighted by atomic mass is 10.0. The van der Waals surface area contributed by atoms with Crippen LogP contribution in [0.15, 0.2) is 75.5 Å². The van der Waals surface area contributed by atoms with E-state index in [2.05, 4.69) is 0 Å². The van der Waals surface area contributed by atoms with Crippen LogP contribution in [0.5, 0.6) is 0 Å². The maximum Gasteiger partial charge on any atom is 0.416 e. The Labute approximate surface area is 153 Å². The van der Waals surface area contributed by atoms with Gasteiger partial charge in [-0.25, -0.2) is 0 Å². The van der Waals surface area contributed by atoms with Gasteiger partial charge in [-0.05, 0) is 36.8 Å². The molecule has 6 heteroatoms. The molecule has 0 aliphatic carbocycles. The molecule has 3 aromatic rings. The van der Waals surface area contributed by atoms with Crippen molar-refractivity contribution in [2.75, 3.05) is 0 Å². The summed E-state index contributed by atoms with van der Waals surface area (Å²) in [7, 11) is 1.75. The summed E-state index contributed by atoms with van der Waals surface area (Å²) in [6.45, 7) is 1.97. The highest BCUT2D eigenvalue weighted by Gasteiger charge is 2.30. The number of aromatic nitrogens is 1. The predicted molar refractivity (Wildman–Crippen MR) is 97.4 cm³/mol. The molecule has 1 aromatic heterocycles. The first kappa shape index (κ1) is 18.3. The maximum atomic E-state index is 13.0. The lowest BCUT2D eigenvalue weighted by molar-refractivity contribution is -0.137. The van der Waals surface area contributed by atoms with Crippen LogP contribution in [0.3, 0.4) is 0 Å². The fourth-order valence-corrected chi connectivity index (χ4v) is 3.50. The quantitative estimate of drug-likeness (QED) is 0.600. The molecule has 2 aromatic carbocycles. The Balaban J connectivity index is 2.05. The highest BCUT2D eigenvalue weighted by molar-refractivity contribution is 7.99. The molecular formula is C20H16F3NOS. The Morgan fingerprint density at radius 2 is 1.69 bits per heavy atom. The van der Waals surface area contributed by atoms with Crippen LogP contribution < -0.4 is 5.43 Å². The van der Waals surface area contributed by atoms with E-state index in [0.717, 1.165) is 22.6 Å². The lowest BCUT2D eigenvalue weighted by Gasteiger charge is -2.11. The molecule has 0 N–H and O–H groups in total. The summed E-state index contributed by atoms with van der Waals surface area (Å²) in [6, 6.07) is 12.6. The SMILES string of the molecule is Cc1ccc(Sc2cn(C)cc(-c3cccc(C(F)(F)F)c3)c2=O)cc1. The summed E-state index contributed by atoms with van der Waals surface area (Å²) in [6.07, 6.45) is -1.21. The third kappa shape index (κ3) is 4.02. The van der Waals surface area contributed by atoms with E-state index in [9.17, 15) is 18.0 Å². The number of alkyl halides is 3. The molecule has 134 valence electrons. The van der Waals surface area contributed by atoms with Gasteiger partial charge in [0.15, 0.2) is 0 Å². The zero-order valence-electron chi connectivity index (χ0n) is 14.2. The topological polar surface area (TPSA) is 22.0 Å². The van der Waals surface area contributed by atoms with E-state index in [1.54, 1.807) is 24.0 Å². The lowest BCUT2D eigenvalue weighted by Crippen LogP contribution is -2.12. The van der Waals surface area contributed by atoms with Crippen molar-refractivity contribution in [3.63, 3.8) is 0 Å². The summed E-state index contributed by atoms with van der Waals surface area (Å²) in [5, 5.41) is 0. The average Bonchev–Trinajstić information content (AvgIpc) is 2.59. The van der Waals surface area contributed by atoms with Gasteiger partial charge in [0.2, 0.25) is 5.43 Å². The Morgan fingerprint density at radius 1 is 1.00 bits per heavy atom. The van der Waals surface area contributed by atoms with Crippen LogP contribution in [0.25, 0.3) is 11.1 Å². The Kier molecular flexibility index (Phi) is 4.96. The number of hydrogen-bond acceptors (Lipinski definition) is 2. The van der Waals surface area contributed by atoms with Gasteiger partial charge in [0.05, 0.1) is 10.5 Å². The number of pyridine rings is 1. The van der Waals surface area contributed by atoms with E-state index >= 15 is 0 Å². The Bertz CT molecular complexity index is 991. The fraction of sp³-hybridized carbons (Fsp3) is 0.150. The molecule has 0 aliphatic heterocycles. The van der Waals surface area contributed by atoms with Crippen LogP contribution in [0.4, 0.5) is 13.2 Å². The third-order valence-corrected chi connectivity index (χ3v) is 4.89. The summed E-state index contributed by atoms with van der Waals surface area (Å²) in [5.41, 5.74) is 0.559. The van der Waals surface area contributed by atoms with Crippen molar-refractivity contribution in [3.05, 3.63) is 82.3 Å². The molecule has 0 aliphatic rings. The average molecular weight is 375 g/mol. The van der Waals surface area contributed by atoms with Gasteiger partial charge in [-0.3, -0.25) is 4.79 Å². The maximum absolute atomic E-state index is 13.0. The molecule has 0 unspecified atom stereocenters. The van der Waals surface area contributed by atoms with Crippen molar-refractivity contribution in [3.8, 4) is 11.1 Å². The van der Waals surface area contributed by atoms with Crippen LogP contribution >= 0.6 is 11.8 Å². The molecule has 0 saturated carbocycles. The molecule has 0 saturated heterocycles. The summed E-state index contributed by atoms with van der Waals surface area (Å²) in [5.74, 6) is 0. The van der Waals surface area contributed by atoms with E-state index in [0.29, 0.717) is 4.90 Å². The molecule has 0 bridgehead atoms. The van der Waals surface area contributed by atoms with Crippen molar-refractivity contribution < 1.29 is 13.2 Å². The van der Waals surface area contributed by atoms with Crippen molar-refractivity contribution in [2.45, 2.75) is 22.9 Å². The smallest absolute Gasteiger partial charge is 0.355 e.